The zero-order valence-corrected chi connectivity index (χ0v) is 15.5. The van der Waals surface area contributed by atoms with Crippen LogP contribution in [0.5, 0.6) is 0 Å². The van der Waals surface area contributed by atoms with E-state index in [0.717, 1.165) is 11.6 Å². The van der Waals surface area contributed by atoms with E-state index in [1.165, 1.54) is 18.3 Å². The van der Waals surface area contributed by atoms with Crippen molar-refractivity contribution < 1.29 is 21.9 Å². The number of benzene rings is 1. The molecule has 0 spiro atoms. The zero-order valence-electron chi connectivity index (χ0n) is 14.7. The lowest BCUT2D eigenvalue weighted by Crippen LogP contribution is -3.00. The number of nitrogen functional groups attached to an aromatic ring is 1. The summed E-state index contributed by atoms with van der Waals surface area (Å²) in [5.41, 5.74) is 7.51. The van der Waals surface area contributed by atoms with Crippen molar-refractivity contribution >= 4 is 22.9 Å². The molecule has 10 nitrogen and oxygen atoms in total. The highest BCUT2D eigenvalue weighted by atomic mass is 35.5. The third-order valence-electron chi connectivity index (χ3n) is 3.82. The van der Waals surface area contributed by atoms with E-state index in [0.29, 0.717) is 18.1 Å². The highest BCUT2D eigenvalue weighted by Crippen LogP contribution is 2.28. The fraction of sp³-hybridized carbons (Fsp3) is 0.118. The van der Waals surface area contributed by atoms with Crippen molar-refractivity contribution in [2.45, 2.75) is 6.54 Å². The molecule has 0 aliphatic carbocycles. The number of aromatic nitrogens is 3. The first-order valence-electron chi connectivity index (χ1n) is 7.83. The largest absolute Gasteiger partial charge is 1.00 e. The van der Waals surface area contributed by atoms with Gasteiger partial charge in [-0.25, -0.2) is 9.25 Å². The molecule has 11 heteroatoms. The molecular weight excluding hydrogens is 384 g/mol. The number of rotatable bonds is 5. The Kier molecular flexibility index (Phi) is 6.36. The summed E-state index contributed by atoms with van der Waals surface area (Å²) in [6.45, 7) is 0.475. The number of nitriles is 1. The van der Waals surface area contributed by atoms with Gasteiger partial charge in [-0.2, -0.15) is 10.4 Å². The molecule has 142 valence electrons. The molecule has 0 bridgehead atoms. The monoisotopic (exact) mass is 398 g/mol. The van der Waals surface area contributed by atoms with E-state index < -0.39 is 4.92 Å². The third kappa shape index (κ3) is 4.46. The van der Waals surface area contributed by atoms with Crippen molar-refractivity contribution in [1.29, 1.82) is 5.26 Å². The standard InChI is InChI=1S/C17H15N8O2.ClH/c1-23-6-4-12(5-7-23)11-24-17(19)16(10-20-24)22-21-15-3-2-14(25(26)27)8-13(15)9-18;/h2-8,10H,11,19H2,1H3;1H/q+1;/p-1/b22-21+;. The summed E-state index contributed by atoms with van der Waals surface area (Å²) < 4.78 is 3.51. The van der Waals surface area contributed by atoms with Crippen LogP contribution < -0.4 is 22.7 Å². The summed E-state index contributed by atoms with van der Waals surface area (Å²) in [7, 11) is 1.93. The van der Waals surface area contributed by atoms with Crippen molar-refractivity contribution in [1.82, 2.24) is 9.78 Å². The Morgan fingerprint density at radius 1 is 1.29 bits per heavy atom. The number of pyridine rings is 1. The fourth-order valence-electron chi connectivity index (χ4n) is 2.32. The summed E-state index contributed by atoms with van der Waals surface area (Å²) in [5.74, 6) is 0.326. The predicted molar refractivity (Wildman–Crippen MR) is 95.3 cm³/mol. The SMILES string of the molecule is C[n+]1ccc(Cn2ncc(/N=N/c3ccc([N+](=O)[O-])cc3C#N)c2N)cc1.[Cl-]. The summed E-state index contributed by atoms with van der Waals surface area (Å²) in [6, 6.07) is 9.56. The van der Waals surface area contributed by atoms with Crippen LogP contribution in [-0.2, 0) is 13.6 Å². The first-order valence-corrected chi connectivity index (χ1v) is 7.83. The topological polar surface area (TPSA) is 139 Å². The van der Waals surface area contributed by atoms with Crippen LogP contribution in [0.4, 0.5) is 22.9 Å². The van der Waals surface area contributed by atoms with Crippen LogP contribution in [0.1, 0.15) is 11.1 Å². The summed E-state index contributed by atoms with van der Waals surface area (Å²) in [4.78, 5) is 10.2. The van der Waals surface area contributed by atoms with E-state index in [1.807, 2.05) is 42.2 Å². The van der Waals surface area contributed by atoms with Gasteiger partial charge in [-0.15, -0.1) is 10.2 Å². The minimum absolute atomic E-state index is 0. The van der Waals surface area contributed by atoms with Crippen LogP contribution in [0.3, 0.4) is 0 Å². The molecule has 0 fully saturated rings. The van der Waals surface area contributed by atoms with Crippen LogP contribution in [0.15, 0.2) is 59.2 Å². The lowest BCUT2D eigenvalue weighted by atomic mass is 10.2. The third-order valence-corrected chi connectivity index (χ3v) is 3.82. The fourth-order valence-corrected chi connectivity index (χ4v) is 2.32. The molecule has 0 saturated heterocycles. The second-order valence-corrected chi connectivity index (χ2v) is 5.71. The molecule has 3 rings (SSSR count). The smallest absolute Gasteiger partial charge is 0.270 e. The number of hydrogen-bond acceptors (Lipinski definition) is 7. The number of nitro groups is 1. The Bertz CT molecular complexity index is 1070. The van der Waals surface area contributed by atoms with Crippen molar-refractivity contribution in [3.63, 3.8) is 0 Å². The van der Waals surface area contributed by atoms with Crippen LogP contribution in [-0.4, -0.2) is 14.7 Å². The quantitative estimate of drug-likeness (QED) is 0.268. The molecule has 2 aromatic heterocycles. The van der Waals surface area contributed by atoms with E-state index in [1.54, 1.807) is 4.68 Å². The Balaban J connectivity index is 0.00000280. The maximum atomic E-state index is 10.8. The highest BCUT2D eigenvalue weighted by Gasteiger charge is 2.12. The molecule has 0 amide bonds. The molecule has 0 unspecified atom stereocenters. The molecule has 2 heterocycles. The van der Waals surface area contributed by atoms with Crippen molar-refractivity contribution in [2.24, 2.45) is 17.3 Å². The minimum Gasteiger partial charge on any atom is -1.00 e. The molecule has 0 saturated carbocycles. The average Bonchev–Trinajstić information content (AvgIpc) is 3.01. The number of aryl methyl sites for hydroxylation is 1. The maximum Gasteiger partial charge on any atom is 0.270 e. The number of nitrogens with two attached hydrogens (primary N) is 1. The summed E-state index contributed by atoms with van der Waals surface area (Å²) >= 11 is 0. The van der Waals surface area contributed by atoms with E-state index >= 15 is 0 Å². The van der Waals surface area contributed by atoms with Gasteiger partial charge in [-0.3, -0.25) is 10.1 Å². The number of halogens is 1. The lowest BCUT2D eigenvalue weighted by Gasteiger charge is -2.03. The Hall–Kier alpha value is -3.84. The van der Waals surface area contributed by atoms with Gasteiger partial charge >= 0.3 is 0 Å². The molecule has 3 aromatic rings. The first kappa shape index (κ1) is 20.5. The highest BCUT2D eigenvalue weighted by molar-refractivity contribution is 5.60. The molecule has 0 radical (unpaired) electrons. The predicted octanol–water partition coefficient (Wildman–Crippen LogP) is -0.463. The maximum absolute atomic E-state index is 10.8. The number of nitrogens with zero attached hydrogens (tertiary/aromatic N) is 7. The van der Waals surface area contributed by atoms with Gasteiger partial charge in [0.15, 0.2) is 12.4 Å². The van der Waals surface area contributed by atoms with E-state index in [9.17, 15) is 10.1 Å². The molecule has 1 aromatic carbocycles. The van der Waals surface area contributed by atoms with Crippen LogP contribution in [0.2, 0.25) is 0 Å². The Labute approximate surface area is 166 Å². The molecule has 0 atom stereocenters. The van der Waals surface area contributed by atoms with Gasteiger partial charge < -0.3 is 18.1 Å². The van der Waals surface area contributed by atoms with Crippen molar-refractivity contribution in [3.05, 3.63) is 70.2 Å². The molecular formula is C17H15ClN8O2. The summed E-state index contributed by atoms with van der Waals surface area (Å²) in [5, 5.41) is 32.1. The van der Waals surface area contributed by atoms with E-state index in [2.05, 4.69) is 15.3 Å². The Morgan fingerprint density at radius 3 is 2.61 bits per heavy atom. The number of anilines is 1. The van der Waals surface area contributed by atoms with Gasteiger partial charge in [0.05, 0.1) is 23.2 Å². The second kappa shape index (κ2) is 8.70. The van der Waals surface area contributed by atoms with Gasteiger partial charge in [0.2, 0.25) is 0 Å². The normalized spacial score (nSPS) is 10.4. The average molecular weight is 399 g/mol. The molecule has 28 heavy (non-hydrogen) atoms. The van der Waals surface area contributed by atoms with Gasteiger partial charge in [0.25, 0.3) is 5.69 Å². The van der Waals surface area contributed by atoms with Crippen molar-refractivity contribution in [2.75, 3.05) is 5.73 Å². The van der Waals surface area contributed by atoms with Crippen LogP contribution in [0, 0.1) is 21.4 Å². The number of azo groups is 1. The van der Waals surface area contributed by atoms with E-state index in [-0.39, 0.29) is 29.3 Å². The minimum atomic E-state index is -0.576. The molecule has 0 aliphatic rings. The van der Waals surface area contributed by atoms with Crippen LogP contribution in [0.25, 0.3) is 0 Å². The van der Waals surface area contributed by atoms with E-state index in [4.69, 9.17) is 11.0 Å². The summed E-state index contributed by atoms with van der Waals surface area (Å²) in [6.07, 6.45) is 5.32. The van der Waals surface area contributed by atoms with Crippen LogP contribution >= 0.6 is 0 Å². The number of non-ortho nitro benzene ring substituents is 1. The molecule has 0 aliphatic heterocycles. The lowest BCUT2D eigenvalue weighted by molar-refractivity contribution is -0.671. The van der Waals surface area contributed by atoms with Gasteiger partial charge in [-0.05, 0) is 11.6 Å². The van der Waals surface area contributed by atoms with Gasteiger partial charge in [0.1, 0.15) is 30.3 Å². The first-order chi connectivity index (χ1) is 13.0. The Morgan fingerprint density at radius 2 is 1.96 bits per heavy atom. The van der Waals surface area contributed by atoms with Gasteiger partial charge in [-0.1, -0.05) is 0 Å². The zero-order chi connectivity index (χ0) is 19.4. The second-order valence-electron chi connectivity index (χ2n) is 5.71. The van der Waals surface area contributed by atoms with Gasteiger partial charge in [0, 0.05) is 24.3 Å². The molecule has 2 N–H and O–H groups in total. The number of nitro benzene ring substituents is 1. The van der Waals surface area contributed by atoms with Crippen molar-refractivity contribution in [3.8, 4) is 6.07 Å². The number of hydrogen-bond donors (Lipinski definition) is 1.